The Kier molecular flexibility index (Phi) is 4.34. The van der Waals surface area contributed by atoms with Gasteiger partial charge in [-0.05, 0) is 43.4 Å². The summed E-state index contributed by atoms with van der Waals surface area (Å²) in [6.45, 7) is 3.41. The lowest BCUT2D eigenvalue weighted by Gasteiger charge is -2.38. The minimum absolute atomic E-state index is 0.197. The van der Waals surface area contributed by atoms with E-state index in [0.29, 0.717) is 12.0 Å². The molecule has 0 spiro atoms. The SMILES string of the molecule is CC1CCCCC1CN1C(C(=O)O)CC2CCCCC21. The highest BCUT2D eigenvalue weighted by molar-refractivity contribution is 5.74. The average molecular weight is 279 g/mol. The fraction of sp³-hybridized carbons (Fsp3) is 0.941. The molecular weight excluding hydrogens is 250 g/mol. The van der Waals surface area contributed by atoms with Crippen molar-refractivity contribution < 1.29 is 9.90 Å². The van der Waals surface area contributed by atoms with Crippen LogP contribution < -0.4 is 0 Å². The van der Waals surface area contributed by atoms with Crippen LogP contribution in [0.25, 0.3) is 0 Å². The fourth-order valence-corrected chi connectivity index (χ4v) is 4.99. The van der Waals surface area contributed by atoms with Gasteiger partial charge in [0, 0.05) is 12.6 Å². The van der Waals surface area contributed by atoms with Crippen molar-refractivity contribution in [1.82, 2.24) is 4.90 Å². The summed E-state index contributed by atoms with van der Waals surface area (Å²) in [4.78, 5) is 14.0. The molecule has 0 bridgehead atoms. The second kappa shape index (κ2) is 6.05. The van der Waals surface area contributed by atoms with Gasteiger partial charge in [0.25, 0.3) is 0 Å². The van der Waals surface area contributed by atoms with Crippen molar-refractivity contribution in [3.05, 3.63) is 0 Å². The lowest BCUT2D eigenvalue weighted by molar-refractivity contribution is -0.143. The molecule has 3 heteroatoms. The van der Waals surface area contributed by atoms with Gasteiger partial charge >= 0.3 is 5.97 Å². The molecule has 1 saturated heterocycles. The normalized spacial score (nSPS) is 42.4. The number of hydrogen-bond acceptors (Lipinski definition) is 2. The monoisotopic (exact) mass is 279 g/mol. The Bertz CT molecular complexity index is 357. The summed E-state index contributed by atoms with van der Waals surface area (Å²) < 4.78 is 0. The minimum Gasteiger partial charge on any atom is -0.480 e. The predicted octanol–water partition coefficient (Wildman–Crippen LogP) is 3.53. The highest BCUT2D eigenvalue weighted by Crippen LogP contribution is 2.41. The van der Waals surface area contributed by atoms with Crippen molar-refractivity contribution in [2.45, 2.75) is 76.8 Å². The number of nitrogens with zero attached hydrogens (tertiary/aromatic N) is 1. The van der Waals surface area contributed by atoms with Gasteiger partial charge in [0.1, 0.15) is 6.04 Å². The van der Waals surface area contributed by atoms with Gasteiger partial charge < -0.3 is 5.11 Å². The molecule has 1 heterocycles. The second-order valence-corrected chi connectivity index (χ2v) is 7.42. The Balaban J connectivity index is 1.71. The molecule has 0 amide bonds. The van der Waals surface area contributed by atoms with Crippen LogP contribution in [0.2, 0.25) is 0 Å². The molecule has 0 radical (unpaired) electrons. The third-order valence-electron chi connectivity index (χ3n) is 6.24. The van der Waals surface area contributed by atoms with Crippen molar-refractivity contribution in [1.29, 1.82) is 0 Å². The van der Waals surface area contributed by atoms with E-state index in [1.807, 2.05) is 0 Å². The second-order valence-electron chi connectivity index (χ2n) is 7.42. The molecule has 114 valence electrons. The van der Waals surface area contributed by atoms with Gasteiger partial charge in [-0.25, -0.2) is 0 Å². The molecule has 0 aromatic carbocycles. The van der Waals surface area contributed by atoms with E-state index >= 15 is 0 Å². The lowest BCUT2D eigenvalue weighted by Crippen LogP contribution is -2.46. The Morgan fingerprint density at radius 2 is 1.80 bits per heavy atom. The highest BCUT2D eigenvalue weighted by Gasteiger charge is 2.46. The molecule has 5 atom stereocenters. The first-order chi connectivity index (χ1) is 9.66. The van der Waals surface area contributed by atoms with Crippen LogP contribution in [0.1, 0.15) is 64.7 Å². The maximum absolute atomic E-state index is 11.6. The van der Waals surface area contributed by atoms with Crippen LogP contribution in [0.15, 0.2) is 0 Å². The summed E-state index contributed by atoms with van der Waals surface area (Å²) in [7, 11) is 0. The molecule has 0 aromatic rings. The number of aliphatic carboxylic acids is 1. The quantitative estimate of drug-likeness (QED) is 0.859. The van der Waals surface area contributed by atoms with Gasteiger partial charge in [-0.2, -0.15) is 0 Å². The standard InChI is InChI=1S/C17H29NO2/c1-12-6-2-3-8-14(12)11-18-15-9-5-4-7-13(15)10-16(18)17(19)20/h12-16H,2-11H2,1H3,(H,19,20). The third-order valence-corrected chi connectivity index (χ3v) is 6.24. The van der Waals surface area contributed by atoms with E-state index in [0.717, 1.165) is 24.8 Å². The van der Waals surface area contributed by atoms with Gasteiger partial charge in [-0.3, -0.25) is 9.69 Å². The Labute approximate surface area is 122 Å². The fourth-order valence-electron chi connectivity index (χ4n) is 4.99. The first-order valence-electron chi connectivity index (χ1n) is 8.65. The molecule has 1 aliphatic heterocycles. The number of rotatable bonds is 3. The Hall–Kier alpha value is -0.570. The van der Waals surface area contributed by atoms with E-state index in [9.17, 15) is 9.90 Å². The molecule has 3 aliphatic rings. The van der Waals surface area contributed by atoms with E-state index in [-0.39, 0.29) is 6.04 Å². The van der Waals surface area contributed by atoms with Crippen LogP contribution in [0.3, 0.4) is 0 Å². The molecule has 0 aromatic heterocycles. The van der Waals surface area contributed by atoms with Crippen molar-refractivity contribution in [2.75, 3.05) is 6.54 Å². The third kappa shape index (κ3) is 2.74. The number of hydrogen-bond donors (Lipinski definition) is 1. The van der Waals surface area contributed by atoms with Crippen LogP contribution in [0.5, 0.6) is 0 Å². The van der Waals surface area contributed by atoms with Crippen LogP contribution in [0, 0.1) is 17.8 Å². The van der Waals surface area contributed by atoms with E-state index in [4.69, 9.17) is 0 Å². The van der Waals surface area contributed by atoms with Gasteiger partial charge in [0.05, 0.1) is 0 Å². The summed E-state index contributed by atoms with van der Waals surface area (Å²) in [5.41, 5.74) is 0. The first kappa shape index (κ1) is 14.4. The number of fused-ring (bicyclic) bond motifs is 1. The number of likely N-dealkylation sites (tertiary alicyclic amines) is 1. The van der Waals surface area contributed by atoms with Crippen molar-refractivity contribution in [3.63, 3.8) is 0 Å². The van der Waals surface area contributed by atoms with Crippen molar-refractivity contribution in [3.8, 4) is 0 Å². The van der Waals surface area contributed by atoms with Gasteiger partial charge in [0.15, 0.2) is 0 Å². The molecule has 2 aliphatic carbocycles. The van der Waals surface area contributed by atoms with Crippen molar-refractivity contribution >= 4 is 5.97 Å². The molecule has 1 N–H and O–H groups in total. The highest BCUT2D eigenvalue weighted by atomic mass is 16.4. The molecule has 2 saturated carbocycles. The molecule has 3 rings (SSSR count). The van der Waals surface area contributed by atoms with E-state index < -0.39 is 5.97 Å². The molecule has 3 nitrogen and oxygen atoms in total. The summed E-state index contributed by atoms with van der Waals surface area (Å²) in [5.74, 6) is 1.58. The first-order valence-corrected chi connectivity index (χ1v) is 8.65. The van der Waals surface area contributed by atoms with E-state index in [1.165, 1.54) is 51.4 Å². The van der Waals surface area contributed by atoms with Gasteiger partial charge in [-0.15, -0.1) is 0 Å². The smallest absolute Gasteiger partial charge is 0.320 e. The average Bonchev–Trinajstić information content (AvgIpc) is 2.81. The molecule has 5 unspecified atom stereocenters. The summed E-state index contributed by atoms with van der Waals surface area (Å²) >= 11 is 0. The largest absolute Gasteiger partial charge is 0.480 e. The zero-order valence-electron chi connectivity index (χ0n) is 12.8. The Morgan fingerprint density at radius 1 is 1.10 bits per heavy atom. The van der Waals surface area contributed by atoms with Crippen LogP contribution in [-0.4, -0.2) is 34.6 Å². The van der Waals surface area contributed by atoms with Crippen LogP contribution in [0.4, 0.5) is 0 Å². The van der Waals surface area contributed by atoms with Gasteiger partial charge in [0.2, 0.25) is 0 Å². The molecular formula is C17H29NO2. The lowest BCUT2D eigenvalue weighted by atomic mass is 9.79. The van der Waals surface area contributed by atoms with E-state index in [2.05, 4.69) is 11.8 Å². The number of carboxylic acids is 1. The zero-order valence-corrected chi connectivity index (χ0v) is 12.8. The summed E-state index contributed by atoms with van der Waals surface area (Å²) in [6, 6.07) is 0.371. The maximum Gasteiger partial charge on any atom is 0.320 e. The summed E-state index contributed by atoms with van der Waals surface area (Å²) in [5, 5.41) is 9.58. The van der Waals surface area contributed by atoms with Crippen LogP contribution >= 0.6 is 0 Å². The predicted molar refractivity (Wildman–Crippen MR) is 79.6 cm³/mol. The zero-order chi connectivity index (χ0) is 14.1. The van der Waals surface area contributed by atoms with Crippen molar-refractivity contribution in [2.24, 2.45) is 17.8 Å². The number of carboxylic acid groups (broad SMARTS) is 1. The molecule has 20 heavy (non-hydrogen) atoms. The van der Waals surface area contributed by atoms with Crippen LogP contribution in [-0.2, 0) is 4.79 Å². The maximum atomic E-state index is 11.6. The minimum atomic E-state index is -0.581. The molecule has 3 fully saturated rings. The topological polar surface area (TPSA) is 40.5 Å². The summed E-state index contributed by atoms with van der Waals surface area (Å²) in [6.07, 6.45) is 11.3. The Morgan fingerprint density at radius 3 is 2.55 bits per heavy atom. The number of carbonyl (C=O) groups is 1. The van der Waals surface area contributed by atoms with Gasteiger partial charge in [-0.1, -0.05) is 39.0 Å². The van der Waals surface area contributed by atoms with E-state index in [1.54, 1.807) is 0 Å².